The lowest BCUT2D eigenvalue weighted by molar-refractivity contribution is 0.634. The van der Waals surface area contributed by atoms with Gasteiger partial charge in [0, 0.05) is 16.5 Å². The molecule has 0 aliphatic carbocycles. The first-order chi connectivity index (χ1) is 7.13. The number of benzene rings is 1. The minimum Gasteiger partial charge on any atom is -0.319 e. The topological polar surface area (TPSA) is 32.9 Å². The molecule has 1 heterocycles. The average Bonchev–Trinajstić information content (AvgIpc) is 2.22. The summed E-state index contributed by atoms with van der Waals surface area (Å²) in [6.45, 7) is 5.20. The van der Waals surface area contributed by atoms with Gasteiger partial charge in [0.25, 0.3) is 5.56 Å². The standard InChI is InChI=1S/C12H10FNO/c1-3-8-4-5-9-6-7(2)12(15)14-11(9)10(8)13/h3-6H,1H2,2H3,(H,14,15). The van der Waals surface area contributed by atoms with Gasteiger partial charge < -0.3 is 4.98 Å². The molecule has 2 nitrogen and oxygen atoms in total. The SMILES string of the molecule is C=Cc1ccc2cc(C)c(=O)[nH]c2c1F. The molecule has 1 aromatic heterocycles. The van der Waals surface area contributed by atoms with E-state index in [-0.39, 0.29) is 11.1 Å². The molecular weight excluding hydrogens is 193 g/mol. The number of hydrogen-bond donors (Lipinski definition) is 1. The summed E-state index contributed by atoms with van der Waals surface area (Å²) < 4.78 is 13.7. The van der Waals surface area contributed by atoms with Gasteiger partial charge in [0.15, 0.2) is 5.82 Å². The Bertz CT molecular complexity index is 598. The number of H-pyrrole nitrogens is 1. The highest BCUT2D eigenvalue weighted by Crippen LogP contribution is 2.19. The molecule has 0 radical (unpaired) electrons. The summed E-state index contributed by atoms with van der Waals surface area (Å²) in [5.74, 6) is -0.431. The van der Waals surface area contributed by atoms with Gasteiger partial charge in [-0.25, -0.2) is 4.39 Å². The molecule has 0 amide bonds. The highest BCUT2D eigenvalue weighted by atomic mass is 19.1. The van der Waals surface area contributed by atoms with Crippen LogP contribution >= 0.6 is 0 Å². The lowest BCUT2D eigenvalue weighted by Gasteiger charge is -2.03. The zero-order chi connectivity index (χ0) is 11.0. The largest absolute Gasteiger partial charge is 0.319 e. The molecule has 2 rings (SSSR count). The van der Waals surface area contributed by atoms with Crippen LogP contribution in [0.4, 0.5) is 4.39 Å². The summed E-state index contributed by atoms with van der Waals surface area (Å²) in [6, 6.07) is 5.07. The average molecular weight is 203 g/mol. The Morgan fingerprint density at radius 2 is 2.20 bits per heavy atom. The van der Waals surface area contributed by atoms with Crippen molar-refractivity contribution in [1.82, 2.24) is 4.98 Å². The van der Waals surface area contributed by atoms with E-state index >= 15 is 0 Å². The van der Waals surface area contributed by atoms with Gasteiger partial charge in [0.05, 0.1) is 5.52 Å². The van der Waals surface area contributed by atoms with Gasteiger partial charge in [0.1, 0.15) is 0 Å². The first-order valence-corrected chi connectivity index (χ1v) is 4.58. The molecule has 0 aliphatic heterocycles. The van der Waals surface area contributed by atoms with Crippen molar-refractivity contribution in [1.29, 1.82) is 0 Å². The molecule has 3 heteroatoms. The second-order valence-electron chi connectivity index (χ2n) is 3.42. The van der Waals surface area contributed by atoms with E-state index in [1.54, 1.807) is 25.1 Å². The predicted molar refractivity (Wildman–Crippen MR) is 59.4 cm³/mol. The van der Waals surface area contributed by atoms with E-state index < -0.39 is 5.82 Å². The zero-order valence-electron chi connectivity index (χ0n) is 8.30. The third kappa shape index (κ3) is 1.46. The van der Waals surface area contributed by atoms with Gasteiger partial charge in [-0.2, -0.15) is 0 Å². The van der Waals surface area contributed by atoms with E-state index in [0.29, 0.717) is 16.5 Å². The Labute approximate surface area is 86.1 Å². The molecular formula is C12H10FNO. The predicted octanol–water partition coefficient (Wildman–Crippen LogP) is 2.62. The Morgan fingerprint density at radius 3 is 2.87 bits per heavy atom. The van der Waals surface area contributed by atoms with Crippen LogP contribution in [0, 0.1) is 12.7 Å². The Kier molecular flexibility index (Phi) is 2.15. The Hall–Kier alpha value is -1.90. The molecule has 0 aliphatic rings. The van der Waals surface area contributed by atoms with E-state index in [1.165, 1.54) is 6.08 Å². The normalized spacial score (nSPS) is 10.5. The number of halogens is 1. The van der Waals surface area contributed by atoms with Crippen LogP contribution in [0.5, 0.6) is 0 Å². The summed E-state index contributed by atoms with van der Waals surface area (Å²) in [7, 11) is 0. The van der Waals surface area contributed by atoms with Gasteiger partial charge in [-0.05, 0) is 13.0 Å². The lowest BCUT2D eigenvalue weighted by Crippen LogP contribution is -2.09. The van der Waals surface area contributed by atoms with Gasteiger partial charge in [-0.3, -0.25) is 4.79 Å². The smallest absolute Gasteiger partial charge is 0.251 e. The van der Waals surface area contributed by atoms with E-state index in [4.69, 9.17) is 0 Å². The van der Waals surface area contributed by atoms with E-state index in [1.807, 2.05) is 0 Å². The first-order valence-electron chi connectivity index (χ1n) is 4.58. The third-order valence-corrected chi connectivity index (χ3v) is 2.39. The fourth-order valence-electron chi connectivity index (χ4n) is 1.52. The van der Waals surface area contributed by atoms with Crippen LogP contribution in [0.1, 0.15) is 11.1 Å². The van der Waals surface area contributed by atoms with Gasteiger partial charge >= 0.3 is 0 Å². The third-order valence-electron chi connectivity index (χ3n) is 2.39. The molecule has 0 unspecified atom stereocenters. The molecule has 1 N–H and O–H groups in total. The highest BCUT2D eigenvalue weighted by molar-refractivity contribution is 5.82. The maximum absolute atomic E-state index is 13.7. The number of aromatic amines is 1. The first kappa shape index (κ1) is 9.65. The molecule has 1 aromatic carbocycles. The zero-order valence-corrected chi connectivity index (χ0v) is 8.30. The maximum Gasteiger partial charge on any atom is 0.251 e. The van der Waals surface area contributed by atoms with Crippen LogP contribution in [0.2, 0.25) is 0 Å². The van der Waals surface area contributed by atoms with Crippen molar-refractivity contribution in [3.63, 3.8) is 0 Å². The second-order valence-corrected chi connectivity index (χ2v) is 3.42. The van der Waals surface area contributed by atoms with E-state index in [9.17, 15) is 9.18 Å². The minimum atomic E-state index is -0.431. The fourth-order valence-corrected chi connectivity index (χ4v) is 1.52. The summed E-state index contributed by atoms with van der Waals surface area (Å²) in [4.78, 5) is 13.9. The summed E-state index contributed by atoms with van der Waals surface area (Å²) in [6.07, 6.45) is 1.42. The molecule has 0 saturated heterocycles. The van der Waals surface area contributed by atoms with Gasteiger partial charge in [-0.15, -0.1) is 0 Å². The molecule has 2 aromatic rings. The number of nitrogens with one attached hydrogen (secondary N) is 1. The molecule has 0 spiro atoms. The van der Waals surface area contributed by atoms with Crippen LogP contribution in [0.25, 0.3) is 17.0 Å². The highest BCUT2D eigenvalue weighted by Gasteiger charge is 2.06. The molecule has 76 valence electrons. The van der Waals surface area contributed by atoms with Crippen molar-refractivity contribution >= 4 is 17.0 Å². The lowest BCUT2D eigenvalue weighted by atomic mass is 10.1. The Morgan fingerprint density at radius 1 is 1.47 bits per heavy atom. The minimum absolute atomic E-state index is 0.239. The molecule has 0 saturated carbocycles. The number of fused-ring (bicyclic) bond motifs is 1. The van der Waals surface area contributed by atoms with Crippen molar-refractivity contribution in [2.24, 2.45) is 0 Å². The summed E-state index contributed by atoms with van der Waals surface area (Å²) in [5, 5.41) is 0.690. The van der Waals surface area contributed by atoms with Gasteiger partial charge in [0.2, 0.25) is 0 Å². The number of hydrogen-bond acceptors (Lipinski definition) is 1. The van der Waals surface area contributed by atoms with Crippen molar-refractivity contribution in [2.75, 3.05) is 0 Å². The molecule has 0 fully saturated rings. The van der Waals surface area contributed by atoms with Gasteiger partial charge in [-0.1, -0.05) is 24.8 Å². The van der Waals surface area contributed by atoms with Crippen molar-refractivity contribution in [3.05, 3.63) is 52.1 Å². The monoisotopic (exact) mass is 203 g/mol. The van der Waals surface area contributed by atoms with Crippen molar-refractivity contribution in [3.8, 4) is 0 Å². The number of aromatic nitrogens is 1. The second kappa shape index (κ2) is 3.35. The molecule has 15 heavy (non-hydrogen) atoms. The van der Waals surface area contributed by atoms with Crippen LogP contribution in [0.3, 0.4) is 0 Å². The van der Waals surface area contributed by atoms with Crippen molar-refractivity contribution in [2.45, 2.75) is 6.92 Å². The van der Waals surface area contributed by atoms with Crippen LogP contribution in [-0.2, 0) is 0 Å². The van der Waals surface area contributed by atoms with Crippen LogP contribution < -0.4 is 5.56 Å². The van der Waals surface area contributed by atoms with Crippen LogP contribution in [0.15, 0.2) is 29.6 Å². The number of aryl methyl sites for hydroxylation is 1. The van der Waals surface area contributed by atoms with Crippen molar-refractivity contribution < 1.29 is 4.39 Å². The number of rotatable bonds is 1. The maximum atomic E-state index is 13.7. The molecule has 0 bridgehead atoms. The Balaban J connectivity index is 2.93. The van der Waals surface area contributed by atoms with E-state index in [0.717, 1.165) is 0 Å². The summed E-state index contributed by atoms with van der Waals surface area (Å²) in [5.41, 5.74) is 0.945. The fraction of sp³-hybridized carbons (Fsp3) is 0.0833. The van der Waals surface area contributed by atoms with Crippen LogP contribution in [-0.4, -0.2) is 4.98 Å². The molecule has 0 atom stereocenters. The van der Waals surface area contributed by atoms with E-state index in [2.05, 4.69) is 11.6 Å². The quantitative estimate of drug-likeness (QED) is 0.759. The number of pyridine rings is 1. The summed E-state index contributed by atoms with van der Waals surface area (Å²) >= 11 is 0.